The minimum atomic E-state index is -0.625. The summed E-state index contributed by atoms with van der Waals surface area (Å²) in [7, 11) is 0. The van der Waals surface area contributed by atoms with Crippen LogP contribution in [0.1, 0.15) is 47.0 Å². The van der Waals surface area contributed by atoms with Crippen LogP contribution in [0.2, 0.25) is 0 Å². The number of aliphatic hydroxyl groups is 1. The molecule has 4 nitrogen and oxygen atoms in total. The van der Waals surface area contributed by atoms with E-state index in [1.807, 2.05) is 27.7 Å². The topological polar surface area (TPSA) is 49.8 Å². The van der Waals surface area contributed by atoms with Crippen molar-refractivity contribution in [3.8, 4) is 0 Å². The van der Waals surface area contributed by atoms with Crippen molar-refractivity contribution in [3.63, 3.8) is 0 Å². The lowest BCUT2D eigenvalue weighted by atomic mass is 9.90. The van der Waals surface area contributed by atoms with Gasteiger partial charge in [0.1, 0.15) is 0 Å². The maximum absolute atomic E-state index is 11.9. The Kier molecular flexibility index (Phi) is 5.17. The molecule has 0 aromatic heterocycles. The SMILES string of the molecule is CCOC(=O)C1(C)CCN(CC(O)(CC)CC)C1. The Morgan fingerprint density at radius 2 is 2.00 bits per heavy atom. The normalized spacial score (nSPS) is 25.4. The van der Waals surface area contributed by atoms with Crippen LogP contribution < -0.4 is 0 Å². The van der Waals surface area contributed by atoms with E-state index in [1.165, 1.54) is 0 Å². The van der Waals surface area contributed by atoms with Crippen LogP contribution in [0.4, 0.5) is 0 Å². The van der Waals surface area contributed by atoms with Crippen molar-refractivity contribution in [2.75, 3.05) is 26.2 Å². The highest BCUT2D eigenvalue weighted by Crippen LogP contribution is 2.32. The number of hydrogen-bond acceptors (Lipinski definition) is 4. The van der Waals surface area contributed by atoms with Crippen LogP contribution in [-0.2, 0) is 9.53 Å². The van der Waals surface area contributed by atoms with Gasteiger partial charge in [-0.1, -0.05) is 13.8 Å². The molecule has 0 radical (unpaired) electrons. The van der Waals surface area contributed by atoms with Crippen LogP contribution in [-0.4, -0.2) is 47.8 Å². The molecular weight excluding hydrogens is 230 g/mol. The van der Waals surface area contributed by atoms with Gasteiger partial charge in [-0.25, -0.2) is 0 Å². The third-order valence-corrected chi connectivity index (χ3v) is 4.15. The second-order valence-corrected chi connectivity index (χ2v) is 5.67. The van der Waals surface area contributed by atoms with Crippen molar-refractivity contribution in [1.29, 1.82) is 0 Å². The predicted octanol–water partition coefficient (Wildman–Crippen LogP) is 1.81. The number of hydrogen-bond donors (Lipinski definition) is 1. The fourth-order valence-corrected chi connectivity index (χ4v) is 2.55. The number of esters is 1. The number of ether oxygens (including phenoxy) is 1. The molecule has 0 aromatic carbocycles. The summed E-state index contributed by atoms with van der Waals surface area (Å²) in [5.41, 5.74) is -1.03. The van der Waals surface area contributed by atoms with Gasteiger partial charge in [0.25, 0.3) is 0 Å². The number of nitrogens with zero attached hydrogens (tertiary/aromatic N) is 1. The Morgan fingerprint density at radius 1 is 1.39 bits per heavy atom. The second kappa shape index (κ2) is 6.02. The smallest absolute Gasteiger partial charge is 0.313 e. The summed E-state index contributed by atoms with van der Waals surface area (Å²) in [6.07, 6.45) is 2.31. The van der Waals surface area contributed by atoms with E-state index in [1.54, 1.807) is 0 Å². The Morgan fingerprint density at radius 3 is 2.50 bits per heavy atom. The average molecular weight is 257 g/mol. The Bertz CT molecular complexity index is 289. The summed E-state index contributed by atoms with van der Waals surface area (Å²) in [4.78, 5) is 14.1. The van der Waals surface area contributed by atoms with E-state index in [9.17, 15) is 9.90 Å². The molecular formula is C14H27NO3. The Hall–Kier alpha value is -0.610. The van der Waals surface area contributed by atoms with E-state index in [4.69, 9.17) is 4.74 Å². The third-order valence-electron chi connectivity index (χ3n) is 4.15. The van der Waals surface area contributed by atoms with Crippen molar-refractivity contribution in [2.45, 2.75) is 52.6 Å². The lowest BCUT2D eigenvalue weighted by molar-refractivity contribution is -0.153. The van der Waals surface area contributed by atoms with Crippen molar-refractivity contribution < 1.29 is 14.6 Å². The minimum Gasteiger partial charge on any atom is -0.466 e. The van der Waals surface area contributed by atoms with Gasteiger partial charge in [-0.3, -0.25) is 9.69 Å². The summed E-state index contributed by atoms with van der Waals surface area (Å²) in [6, 6.07) is 0. The van der Waals surface area contributed by atoms with Gasteiger partial charge in [-0.15, -0.1) is 0 Å². The molecule has 4 heteroatoms. The van der Waals surface area contributed by atoms with E-state index in [0.717, 1.165) is 25.8 Å². The van der Waals surface area contributed by atoms with Gasteiger partial charge in [0.15, 0.2) is 0 Å². The number of rotatable bonds is 6. The van der Waals surface area contributed by atoms with E-state index in [2.05, 4.69) is 4.90 Å². The second-order valence-electron chi connectivity index (χ2n) is 5.67. The van der Waals surface area contributed by atoms with Crippen molar-refractivity contribution in [3.05, 3.63) is 0 Å². The highest BCUT2D eigenvalue weighted by molar-refractivity contribution is 5.77. The molecule has 1 N–H and O–H groups in total. The van der Waals surface area contributed by atoms with Gasteiger partial charge < -0.3 is 9.84 Å². The number of β-amino-alcohol motifs (C(OH)–C–C–N with tert-alkyl or cyclic N) is 1. The average Bonchev–Trinajstić information content (AvgIpc) is 2.72. The Balaban J connectivity index is 2.58. The molecule has 1 unspecified atom stereocenters. The molecule has 0 aliphatic carbocycles. The van der Waals surface area contributed by atoms with Crippen LogP contribution in [0.5, 0.6) is 0 Å². The van der Waals surface area contributed by atoms with Gasteiger partial charge >= 0.3 is 5.97 Å². The first kappa shape index (κ1) is 15.4. The molecule has 0 spiro atoms. The molecule has 106 valence electrons. The molecule has 0 saturated carbocycles. The first-order chi connectivity index (χ1) is 8.39. The number of likely N-dealkylation sites (tertiary alicyclic amines) is 1. The molecule has 1 atom stereocenters. The molecule has 1 saturated heterocycles. The van der Waals surface area contributed by atoms with Gasteiger partial charge in [0.05, 0.1) is 17.6 Å². The van der Waals surface area contributed by atoms with Crippen LogP contribution in [0.25, 0.3) is 0 Å². The highest BCUT2D eigenvalue weighted by Gasteiger charge is 2.43. The van der Waals surface area contributed by atoms with Crippen molar-refractivity contribution in [2.24, 2.45) is 5.41 Å². The number of carbonyl (C=O) groups is 1. The molecule has 0 bridgehead atoms. The summed E-state index contributed by atoms with van der Waals surface area (Å²) in [5.74, 6) is -0.107. The summed E-state index contributed by atoms with van der Waals surface area (Å²) in [6.45, 7) is 10.4. The first-order valence-corrected chi connectivity index (χ1v) is 7.01. The minimum absolute atomic E-state index is 0.107. The largest absolute Gasteiger partial charge is 0.466 e. The first-order valence-electron chi connectivity index (χ1n) is 7.01. The molecule has 1 aliphatic heterocycles. The zero-order valence-corrected chi connectivity index (χ0v) is 12.2. The lowest BCUT2D eigenvalue weighted by Gasteiger charge is -2.31. The van der Waals surface area contributed by atoms with Crippen LogP contribution in [0.3, 0.4) is 0 Å². The molecule has 1 heterocycles. The van der Waals surface area contributed by atoms with Crippen molar-refractivity contribution in [1.82, 2.24) is 4.90 Å². The summed E-state index contributed by atoms with van der Waals surface area (Å²) >= 11 is 0. The fourth-order valence-electron chi connectivity index (χ4n) is 2.55. The van der Waals surface area contributed by atoms with Crippen LogP contribution in [0, 0.1) is 5.41 Å². The van der Waals surface area contributed by atoms with E-state index >= 15 is 0 Å². The molecule has 1 aliphatic rings. The molecule has 0 amide bonds. The van der Waals surface area contributed by atoms with Crippen molar-refractivity contribution >= 4 is 5.97 Å². The number of carbonyl (C=O) groups excluding carboxylic acids is 1. The maximum Gasteiger partial charge on any atom is 0.313 e. The van der Waals surface area contributed by atoms with Gasteiger partial charge in [-0.05, 0) is 39.7 Å². The standard InChI is InChI=1S/C14H27NO3/c1-5-14(17,6-2)11-15-9-8-13(4,10-15)12(16)18-7-3/h17H,5-11H2,1-4H3. The van der Waals surface area contributed by atoms with Gasteiger partial charge in [0, 0.05) is 13.1 Å². The zero-order valence-electron chi connectivity index (χ0n) is 12.2. The lowest BCUT2D eigenvalue weighted by Crippen LogP contribution is -2.43. The van der Waals surface area contributed by atoms with E-state index in [-0.39, 0.29) is 5.97 Å². The molecule has 18 heavy (non-hydrogen) atoms. The van der Waals surface area contributed by atoms with E-state index in [0.29, 0.717) is 19.7 Å². The van der Waals surface area contributed by atoms with Gasteiger partial charge in [-0.2, -0.15) is 0 Å². The summed E-state index contributed by atoms with van der Waals surface area (Å²) < 4.78 is 5.13. The predicted molar refractivity (Wildman–Crippen MR) is 71.3 cm³/mol. The quantitative estimate of drug-likeness (QED) is 0.737. The third kappa shape index (κ3) is 3.45. The van der Waals surface area contributed by atoms with Crippen LogP contribution in [0.15, 0.2) is 0 Å². The highest BCUT2D eigenvalue weighted by atomic mass is 16.5. The monoisotopic (exact) mass is 257 g/mol. The maximum atomic E-state index is 11.9. The fraction of sp³-hybridized carbons (Fsp3) is 0.929. The molecule has 0 aromatic rings. The molecule has 1 rings (SSSR count). The zero-order chi connectivity index (χ0) is 13.8. The summed E-state index contributed by atoms with van der Waals surface area (Å²) in [5, 5.41) is 10.3. The Labute approximate surface area is 110 Å². The molecule has 1 fully saturated rings. The van der Waals surface area contributed by atoms with E-state index < -0.39 is 11.0 Å². The van der Waals surface area contributed by atoms with Gasteiger partial charge in [0.2, 0.25) is 0 Å². The van der Waals surface area contributed by atoms with Crippen LogP contribution >= 0.6 is 0 Å².